The highest BCUT2D eigenvalue weighted by atomic mass is 19.1. The predicted octanol–water partition coefficient (Wildman–Crippen LogP) is 4.38. The van der Waals surface area contributed by atoms with Crippen molar-refractivity contribution in [2.75, 3.05) is 23.3 Å². The van der Waals surface area contributed by atoms with Crippen molar-refractivity contribution in [3.8, 4) is 0 Å². The van der Waals surface area contributed by atoms with Crippen molar-refractivity contribution in [1.82, 2.24) is 5.32 Å². The molecule has 1 aliphatic heterocycles. The van der Waals surface area contributed by atoms with Gasteiger partial charge < -0.3 is 15.5 Å². The maximum Gasteiger partial charge on any atom is 0.319 e. The molecule has 0 atom stereocenters. The molecule has 0 aromatic heterocycles. The van der Waals surface area contributed by atoms with Gasteiger partial charge in [0.2, 0.25) is 0 Å². The number of urea groups is 1. The molecule has 0 bridgehead atoms. The highest BCUT2D eigenvalue weighted by molar-refractivity contribution is 5.89. The molecule has 2 amide bonds. The molecule has 25 heavy (non-hydrogen) atoms. The Morgan fingerprint density at radius 1 is 1.08 bits per heavy atom. The van der Waals surface area contributed by atoms with Gasteiger partial charge in [0, 0.05) is 31.0 Å². The largest absolute Gasteiger partial charge is 0.372 e. The van der Waals surface area contributed by atoms with E-state index in [-0.39, 0.29) is 11.8 Å². The molecule has 1 saturated heterocycles. The monoisotopic (exact) mass is 341 g/mol. The van der Waals surface area contributed by atoms with Crippen molar-refractivity contribution in [2.45, 2.75) is 26.3 Å². The van der Waals surface area contributed by atoms with Crippen molar-refractivity contribution in [3.05, 3.63) is 59.9 Å². The third-order valence-electron chi connectivity index (χ3n) is 4.64. The van der Waals surface area contributed by atoms with Gasteiger partial charge in [-0.05, 0) is 60.7 Å². The molecule has 1 heterocycles. The van der Waals surface area contributed by atoms with Gasteiger partial charge in [-0.25, -0.2) is 9.18 Å². The SMILES string of the molecule is CC1CCN(c2ccc(NC(=O)NCc3ccc(F)cc3)cc2)CC1. The van der Waals surface area contributed by atoms with Crippen LogP contribution >= 0.6 is 0 Å². The van der Waals surface area contributed by atoms with Crippen molar-refractivity contribution in [3.63, 3.8) is 0 Å². The van der Waals surface area contributed by atoms with Crippen molar-refractivity contribution in [1.29, 1.82) is 0 Å². The summed E-state index contributed by atoms with van der Waals surface area (Å²) in [5.74, 6) is 0.526. The van der Waals surface area contributed by atoms with Crippen molar-refractivity contribution < 1.29 is 9.18 Å². The first kappa shape index (κ1) is 17.3. The van der Waals surface area contributed by atoms with E-state index in [1.54, 1.807) is 12.1 Å². The number of hydrogen-bond acceptors (Lipinski definition) is 2. The lowest BCUT2D eigenvalue weighted by Gasteiger charge is -2.32. The van der Waals surface area contributed by atoms with Gasteiger partial charge in [0.15, 0.2) is 0 Å². The van der Waals surface area contributed by atoms with E-state index in [1.165, 1.54) is 30.7 Å². The maximum atomic E-state index is 12.9. The molecule has 2 aromatic rings. The zero-order chi connectivity index (χ0) is 17.6. The van der Waals surface area contributed by atoms with Crippen molar-refractivity contribution >= 4 is 17.4 Å². The smallest absolute Gasteiger partial charge is 0.319 e. The standard InChI is InChI=1S/C20H24FN3O/c1-15-10-12-24(13-11-15)19-8-6-18(7-9-19)23-20(25)22-14-16-2-4-17(21)5-3-16/h2-9,15H,10-14H2,1H3,(H2,22,23,25). The van der Waals surface area contributed by atoms with Crippen LogP contribution in [0.15, 0.2) is 48.5 Å². The molecule has 0 spiro atoms. The van der Waals surface area contributed by atoms with Crippen LogP contribution in [-0.4, -0.2) is 19.1 Å². The minimum Gasteiger partial charge on any atom is -0.372 e. The average Bonchev–Trinajstić information content (AvgIpc) is 2.63. The number of benzene rings is 2. The molecule has 2 N–H and O–H groups in total. The zero-order valence-electron chi connectivity index (χ0n) is 14.5. The van der Waals surface area contributed by atoms with Crippen LogP contribution in [0, 0.1) is 11.7 Å². The zero-order valence-corrected chi connectivity index (χ0v) is 14.5. The summed E-state index contributed by atoms with van der Waals surface area (Å²) in [4.78, 5) is 14.4. The first-order valence-corrected chi connectivity index (χ1v) is 8.74. The third-order valence-corrected chi connectivity index (χ3v) is 4.64. The van der Waals surface area contributed by atoms with Crippen LogP contribution in [0.3, 0.4) is 0 Å². The van der Waals surface area contributed by atoms with Crippen LogP contribution in [-0.2, 0) is 6.54 Å². The fraction of sp³-hybridized carbons (Fsp3) is 0.350. The highest BCUT2D eigenvalue weighted by Crippen LogP contribution is 2.24. The fourth-order valence-corrected chi connectivity index (χ4v) is 2.98. The van der Waals surface area contributed by atoms with E-state index in [1.807, 2.05) is 24.3 Å². The normalized spacial score (nSPS) is 15.0. The average molecular weight is 341 g/mol. The van der Waals surface area contributed by atoms with Crippen LogP contribution < -0.4 is 15.5 Å². The first-order chi connectivity index (χ1) is 12.1. The quantitative estimate of drug-likeness (QED) is 0.866. The molecule has 0 saturated carbocycles. The summed E-state index contributed by atoms with van der Waals surface area (Å²) in [5, 5.41) is 5.58. The number of carbonyl (C=O) groups excluding carboxylic acids is 1. The summed E-state index contributed by atoms with van der Waals surface area (Å²) in [6.07, 6.45) is 2.46. The number of hydrogen-bond donors (Lipinski definition) is 2. The lowest BCUT2D eigenvalue weighted by molar-refractivity contribution is 0.251. The number of carbonyl (C=O) groups is 1. The Kier molecular flexibility index (Phi) is 5.53. The molecule has 4 nitrogen and oxygen atoms in total. The van der Waals surface area contributed by atoms with E-state index in [0.717, 1.165) is 30.3 Å². The summed E-state index contributed by atoms with van der Waals surface area (Å²) in [7, 11) is 0. The van der Waals surface area contributed by atoms with E-state index >= 15 is 0 Å². The molecule has 0 unspecified atom stereocenters. The number of nitrogens with one attached hydrogen (secondary N) is 2. The topological polar surface area (TPSA) is 44.4 Å². The maximum absolute atomic E-state index is 12.9. The molecule has 3 rings (SSSR count). The molecule has 0 aliphatic carbocycles. The van der Waals surface area contributed by atoms with Crippen molar-refractivity contribution in [2.24, 2.45) is 5.92 Å². The minimum atomic E-state index is -0.281. The van der Waals surface area contributed by atoms with Gasteiger partial charge in [-0.15, -0.1) is 0 Å². The molecular formula is C20H24FN3O. The van der Waals surface area contributed by atoms with Crippen LogP contribution in [0.1, 0.15) is 25.3 Å². The summed E-state index contributed by atoms with van der Waals surface area (Å²) < 4.78 is 12.9. The Hall–Kier alpha value is -2.56. The summed E-state index contributed by atoms with van der Waals surface area (Å²) in [6, 6.07) is 13.7. The molecule has 1 aliphatic rings. The Labute approximate surface area is 148 Å². The second-order valence-electron chi connectivity index (χ2n) is 6.65. The highest BCUT2D eigenvalue weighted by Gasteiger charge is 2.15. The Balaban J connectivity index is 1.49. The number of anilines is 2. The van der Waals surface area contributed by atoms with Gasteiger partial charge in [0.25, 0.3) is 0 Å². The summed E-state index contributed by atoms with van der Waals surface area (Å²) >= 11 is 0. The molecule has 5 heteroatoms. The summed E-state index contributed by atoms with van der Waals surface area (Å²) in [6.45, 7) is 4.84. The molecular weight excluding hydrogens is 317 g/mol. The van der Waals surface area contributed by atoms with Crippen LogP contribution in [0.2, 0.25) is 0 Å². The van der Waals surface area contributed by atoms with E-state index in [2.05, 4.69) is 22.5 Å². The van der Waals surface area contributed by atoms with Gasteiger partial charge >= 0.3 is 6.03 Å². The predicted molar refractivity (Wildman–Crippen MR) is 99.3 cm³/mol. The Morgan fingerprint density at radius 3 is 2.36 bits per heavy atom. The van der Waals surface area contributed by atoms with Gasteiger partial charge in [0.05, 0.1) is 0 Å². The van der Waals surface area contributed by atoms with Gasteiger partial charge in [-0.1, -0.05) is 19.1 Å². The lowest BCUT2D eigenvalue weighted by atomic mass is 9.99. The van der Waals surface area contributed by atoms with Crippen LogP contribution in [0.4, 0.5) is 20.6 Å². The fourth-order valence-electron chi connectivity index (χ4n) is 2.98. The van der Waals surface area contributed by atoms with E-state index in [9.17, 15) is 9.18 Å². The molecule has 1 fully saturated rings. The van der Waals surface area contributed by atoms with E-state index < -0.39 is 0 Å². The first-order valence-electron chi connectivity index (χ1n) is 8.74. The number of halogens is 1. The van der Waals surface area contributed by atoms with E-state index in [4.69, 9.17) is 0 Å². The van der Waals surface area contributed by atoms with Crippen LogP contribution in [0.25, 0.3) is 0 Å². The third kappa shape index (κ3) is 4.95. The molecule has 132 valence electrons. The second-order valence-corrected chi connectivity index (χ2v) is 6.65. The second kappa shape index (κ2) is 8.01. The van der Waals surface area contributed by atoms with Crippen LogP contribution in [0.5, 0.6) is 0 Å². The summed E-state index contributed by atoms with van der Waals surface area (Å²) in [5.41, 5.74) is 2.81. The van der Waals surface area contributed by atoms with E-state index in [0.29, 0.717) is 6.54 Å². The van der Waals surface area contributed by atoms with Gasteiger partial charge in [-0.3, -0.25) is 0 Å². The number of nitrogens with zero attached hydrogens (tertiary/aromatic N) is 1. The number of piperidine rings is 1. The molecule has 2 aromatic carbocycles. The Morgan fingerprint density at radius 2 is 1.72 bits per heavy atom. The Bertz CT molecular complexity index is 692. The lowest BCUT2D eigenvalue weighted by Crippen LogP contribution is -2.32. The molecule has 0 radical (unpaired) electrons. The number of amides is 2. The number of rotatable bonds is 4. The minimum absolute atomic E-state index is 0.274. The van der Waals surface area contributed by atoms with Gasteiger partial charge in [0.1, 0.15) is 5.82 Å². The van der Waals surface area contributed by atoms with Gasteiger partial charge in [-0.2, -0.15) is 0 Å².